The van der Waals surface area contributed by atoms with Crippen LogP contribution in [0.15, 0.2) is 40.2 Å². The van der Waals surface area contributed by atoms with Crippen LogP contribution in [-0.2, 0) is 0 Å². The summed E-state index contributed by atoms with van der Waals surface area (Å²) >= 11 is 5.00. The van der Waals surface area contributed by atoms with Crippen LogP contribution >= 0.6 is 27.3 Å². The second-order valence-corrected chi connectivity index (χ2v) is 6.44. The Morgan fingerprint density at radius 3 is 2.78 bits per heavy atom. The number of hydrogen-bond donors (Lipinski definition) is 1. The first kappa shape index (κ1) is 12.2. The van der Waals surface area contributed by atoms with E-state index in [2.05, 4.69) is 38.8 Å². The lowest BCUT2D eigenvalue weighted by molar-refractivity contribution is 0.620. The fourth-order valence-corrected chi connectivity index (χ4v) is 3.33. The molecule has 4 heteroatoms. The van der Waals surface area contributed by atoms with Crippen LogP contribution in [-0.4, -0.2) is 0 Å². The van der Waals surface area contributed by atoms with Crippen molar-refractivity contribution in [1.29, 1.82) is 0 Å². The quantitative estimate of drug-likeness (QED) is 0.813. The molecule has 1 heterocycles. The van der Waals surface area contributed by atoms with E-state index in [1.54, 1.807) is 23.5 Å². The molecule has 1 unspecified atom stereocenters. The summed E-state index contributed by atoms with van der Waals surface area (Å²) in [4.78, 5) is 1.36. The van der Waals surface area contributed by atoms with E-state index >= 15 is 0 Å². The molecule has 1 atom stereocenters. The maximum Gasteiger partial charge on any atom is 0.137 e. The number of nitrogens with one attached hydrogen (secondary N) is 1. The van der Waals surface area contributed by atoms with Crippen molar-refractivity contribution in [3.05, 3.63) is 50.9 Å². The van der Waals surface area contributed by atoms with Crippen LogP contribution in [0, 0.1) is 11.7 Å². The third-order valence-electron chi connectivity index (χ3n) is 3.18. The maximum absolute atomic E-state index is 13.2. The maximum atomic E-state index is 13.2. The lowest BCUT2D eigenvalue weighted by atomic mass is 10.1. The van der Waals surface area contributed by atoms with Gasteiger partial charge in [-0.05, 0) is 64.3 Å². The summed E-state index contributed by atoms with van der Waals surface area (Å²) < 4.78 is 13.7. The third kappa shape index (κ3) is 2.59. The number of hydrogen-bond acceptors (Lipinski definition) is 2. The van der Waals surface area contributed by atoms with Crippen molar-refractivity contribution in [2.45, 2.75) is 18.9 Å². The Balaban J connectivity index is 1.82. The second kappa shape index (κ2) is 5.02. The summed E-state index contributed by atoms with van der Waals surface area (Å²) in [6.07, 6.45) is 2.55. The van der Waals surface area contributed by atoms with E-state index in [1.807, 2.05) is 0 Å². The lowest BCUT2D eigenvalue weighted by Crippen LogP contribution is -2.11. The highest BCUT2D eigenvalue weighted by molar-refractivity contribution is 9.10. The normalized spacial score (nSPS) is 16.6. The van der Waals surface area contributed by atoms with E-state index in [0.29, 0.717) is 16.4 Å². The van der Waals surface area contributed by atoms with E-state index in [4.69, 9.17) is 0 Å². The van der Waals surface area contributed by atoms with Gasteiger partial charge in [-0.25, -0.2) is 4.39 Å². The Kier molecular flexibility index (Phi) is 3.39. The molecular formula is C14H13BrFNS. The summed E-state index contributed by atoms with van der Waals surface area (Å²) in [7, 11) is 0. The lowest BCUT2D eigenvalue weighted by Gasteiger charge is -2.18. The predicted molar refractivity (Wildman–Crippen MR) is 77.5 cm³/mol. The van der Waals surface area contributed by atoms with Crippen LogP contribution in [0.2, 0.25) is 0 Å². The van der Waals surface area contributed by atoms with Gasteiger partial charge in [0.1, 0.15) is 5.82 Å². The molecule has 1 nitrogen and oxygen atoms in total. The van der Waals surface area contributed by atoms with E-state index in [1.165, 1.54) is 23.8 Å². The molecule has 0 aliphatic heterocycles. The van der Waals surface area contributed by atoms with E-state index < -0.39 is 0 Å². The van der Waals surface area contributed by atoms with Gasteiger partial charge < -0.3 is 5.32 Å². The Hall–Kier alpha value is -0.870. The molecule has 0 bridgehead atoms. The van der Waals surface area contributed by atoms with Crippen molar-refractivity contribution in [2.24, 2.45) is 5.92 Å². The van der Waals surface area contributed by atoms with Crippen molar-refractivity contribution < 1.29 is 4.39 Å². The van der Waals surface area contributed by atoms with E-state index in [9.17, 15) is 4.39 Å². The zero-order chi connectivity index (χ0) is 12.5. The van der Waals surface area contributed by atoms with E-state index in [-0.39, 0.29) is 5.82 Å². The van der Waals surface area contributed by atoms with Crippen LogP contribution in [0.5, 0.6) is 0 Å². The Morgan fingerprint density at radius 2 is 2.17 bits per heavy atom. The molecule has 1 aromatic heterocycles. The first-order valence-electron chi connectivity index (χ1n) is 5.99. The van der Waals surface area contributed by atoms with Crippen LogP contribution in [0.4, 0.5) is 10.1 Å². The fraction of sp³-hybridized carbons (Fsp3) is 0.286. The summed E-state index contributed by atoms with van der Waals surface area (Å²) in [5.41, 5.74) is 0.966. The molecule has 94 valence electrons. The van der Waals surface area contributed by atoms with Gasteiger partial charge in [0.15, 0.2) is 0 Å². The monoisotopic (exact) mass is 325 g/mol. The van der Waals surface area contributed by atoms with Gasteiger partial charge in [0, 0.05) is 10.6 Å². The van der Waals surface area contributed by atoms with Gasteiger partial charge in [0.05, 0.1) is 10.5 Å². The summed E-state index contributed by atoms with van der Waals surface area (Å²) in [6, 6.07) is 9.70. The SMILES string of the molecule is Fc1ccc(NC(c2cccs2)C2CC2)cc1Br. The molecule has 1 aromatic carbocycles. The minimum Gasteiger partial charge on any atom is -0.377 e. The molecule has 1 fully saturated rings. The van der Waals surface area contributed by atoms with Crippen molar-refractivity contribution >= 4 is 33.0 Å². The third-order valence-corrected chi connectivity index (χ3v) is 4.75. The average Bonchev–Trinajstić information content (AvgIpc) is 3.05. The van der Waals surface area contributed by atoms with Gasteiger partial charge in [0.25, 0.3) is 0 Å². The zero-order valence-corrected chi connectivity index (χ0v) is 12.1. The van der Waals surface area contributed by atoms with Crippen molar-refractivity contribution in [3.8, 4) is 0 Å². The number of halogens is 2. The van der Waals surface area contributed by atoms with Crippen molar-refractivity contribution in [1.82, 2.24) is 0 Å². The molecule has 3 rings (SSSR count). The topological polar surface area (TPSA) is 12.0 Å². The minimum atomic E-state index is -0.223. The largest absolute Gasteiger partial charge is 0.377 e. The van der Waals surface area contributed by atoms with Gasteiger partial charge in [-0.2, -0.15) is 0 Å². The number of rotatable bonds is 4. The Morgan fingerprint density at radius 1 is 1.33 bits per heavy atom. The molecule has 18 heavy (non-hydrogen) atoms. The molecule has 1 aliphatic rings. The molecule has 0 spiro atoms. The standard InChI is InChI=1S/C14H13BrFNS/c15-11-8-10(5-6-12(11)16)17-14(9-3-4-9)13-2-1-7-18-13/h1-2,5-9,14,17H,3-4H2. The Bertz CT molecular complexity index is 537. The fourth-order valence-electron chi connectivity index (χ4n) is 2.08. The van der Waals surface area contributed by atoms with Crippen LogP contribution in [0.25, 0.3) is 0 Å². The highest BCUT2D eigenvalue weighted by atomic mass is 79.9. The van der Waals surface area contributed by atoms with Crippen LogP contribution < -0.4 is 5.32 Å². The second-order valence-electron chi connectivity index (χ2n) is 4.60. The van der Waals surface area contributed by atoms with Gasteiger partial charge in [-0.15, -0.1) is 11.3 Å². The smallest absolute Gasteiger partial charge is 0.137 e. The predicted octanol–water partition coefficient (Wildman–Crippen LogP) is 5.21. The minimum absolute atomic E-state index is 0.223. The highest BCUT2D eigenvalue weighted by Crippen LogP contribution is 2.44. The first-order chi connectivity index (χ1) is 8.74. The summed E-state index contributed by atoms with van der Waals surface area (Å²) in [5, 5.41) is 5.63. The number of anilines is 1. The highest BCUT2D eigenvalue weighted by Gasteiger charge is 2.32. The summed E-state index contributed by atoms with van der Waals surface area (Å²) in [5.74, 6) is 0.493. The number of thiophene rings is 1. The molecule has 0 saturated heterocycles. The molecule has 1 saturated carbocycles. The number of benzene rings is 1. The molecule has 0 radical (unpaired) electrons. The molecule has 2 aromatic rings. The average molecular weight is 326 g/mol. The molecule has 1 aliphatic carbocycles. The van der Waals surface area contributed by atoms with Gasteiger partial charge in [-0.1, -0.05) is 6.07 Å². The Labute approximate surface area is 118 Å². The zero-order valence-electron chi connectivity index (χ0n) is 9.70. The van der Waals surface area contributed by atoms with Crippen molar-refractivity contribution in [2.75, 3.05) is 5.32 Å². The van der Waals surface area contributed by atoms with Gasteiger partial charge in [-0.3, -0.25) is 0 Å². The van der Waals surface area contributed by atoms with Crippen molar-refractivity contribution in [3.63, 3.8) is 0 Å². The van der Waals surface area contributed by atoms with Crippen LogP contribution in [0.1, 0.15) is 23.8 Å². The first-order valence-corrected chi connectivity index (χ1v) is 7.66. The molecule has 1 N–H and O–H groups in total. The van der Waals surface area contributed by atoms with E-state index in [0.717, 1.165) is 5.69 Å². The molecule has 0 amide bonds. The van der Waals surface area contributed by atoms with Crippen LogP contribution in [0.3, 0.4) is 0 Å². The van der Waals surface area contributed by atoms with Gasteiger partial charge >= 0.3 is 0 Å². The van der Waals surface area contributed by atoms with Gasteiger partial charge in [0.2, 0.25) is 0 Å². The molecular weight excluding hydrogens is 313 g/mol. The summed E-state index contributed by atoms with van der Waals surface area (Å²) in [6.45, 7) is 0.